The van der Waals surface area contributed by atoms with Gasteiger partial charge in [-0.25, -0.2) is 0 Å². The van der Waals surface area contributed by atoms with Crippen LogP contribution >= 0.6 is 0 Å². The number of allylic oxidation sites excluding steroid dienone is 3. The lowest BCUT2D eigenvalue weighted by molar-refractivity contribution is -0.110. The lowest BCUT2D eigenvalue weighted by atomic mass is 10.1. The highest BCUT2D eigenvalue weighted by atomic mass is 16.5. The molecule has 0 saturated carbocycles. The minimum absolute atomic E-state index is 0.188. The fourth-order valence-corrected chi connectivity index (χ4v) is 5.26. The first-order valence-electron chi connectivity index (χ1n) is 17.3. The van der Waals surface area contributed by atoms with Crippen LogP contribution in [-0.4, -0.2) is 10.9 Å². The first-order valence-corrected chi connectivity index (χ1v) is 17.3. The third-order valence-electron chi connectivity index (χ3n) is 8.06. The molecule has 0 aromatic heterocycles. The number of ketones is 1. The summed E-state index contributed by atoms with van der Waals surface area (Å²) in [5.74, 6) is 1.77. The van der Waals surface area contributed by atoms with Crippen molar-refractivity contribution in [3.05, 3.63) is 215 Å². The maximum atomic E-state index is 12.8. The summed E-state index contributed by atoms with van der Waals surface area (Å²) >= 11 is 0. The summed E-state index contributed by atoms with van der Waals surface area (Å²) < 4.78 is 24.5. The minimum atomic E-state index is -0.375. The fourth-order valence-electron chi connectivity index (χ4n) is 5.26. The first kappa shape index (κ1) is 36.0. The average Bonchev–Trinajstić information content (AvgIpc) is 3.21. The Balaban J connectivity index is 1.12. The molecule has 0 saturated heterocycles. The molecule has 0 aliphatic heterocycles. The van der Waals surface area contributed by atoms with Gasteiger partial charge in [-0.3, -0.25) is 4.79 Å². The average molecular weight is 701 g/mol. The van der Waals surface area contributed by atoms with E-state index in [9.17, 15) is 9.90 Å². The van der Waals surface area contributed by atoms with E-state index in [0.29, 0.717) is 49.4 Å². The standard InChI is InChI=1S/C47H40O6/c48-42(25-21-36-23-27-44(50-32-38-13-5-1-6-14-38)46(29-36)52-34-40-17-9-3-10-18-40)31-43(49)26-22-37-24-28-45(51-33-39-15-7-2-8-16-39)47(30-37)53-35-41-19-11-4-12-20-41/h1-31,48H,32-35H2/b25-21+,26-22+,42-31+. The van der Waals surface area contributed by atoms with Gasteiger partial charge in [-0.05, 0) is 69.8 Å². The van der Waals surface area contributed by atoms with Gasteiger partial charge in [0.2, 0.25) is 0 Å². The van der Waals surface area contributed by atoms with Gasteiger partial charge in [-0.1, -0.05) is 146 Å². The van der Waals surface area contributed by atoms with E-state index in [0.717, 1.165) is 33.4 Å². The summed E-state index contributed by atoms with van der Waals surface area (Å²) in [5, 5.41) is 10.6. The van der Waals surface area contributed by atoms with E-state index in [2.05, 4.69) is 0 Å². The fraction of sp³-hybridized carbons (Fsp3) is 0.0851. The Morgan fingerprint density at radius 3 is 1.15 bits per heavy atom. The van der Waals surface area contributed by atoms with E-state index in [4.69, 9.17) is 18.9 Å². The zero-order chi connectivity index (χ0) is 36.5. The zero-order valence-corrected chi connectivity index (χ0v) is 29.2. The molecule has 0 aliphatic carbocycles. The summed E-state index contributed by atoms with van der Waals surface area (Å²) in [5.41, 5.74) is 5.64. The maximum Gasteiger partial charge on any atom is 0.182 e. The molecular weight excluding hydrogens is 661 g/mol. The molecule has 264 valence electrons. The molecule has 6 rings (SSSR count). The van der Waals surface area contributed by atoms with Crippen molar-refractivity contribution in [2.24, 2.45) is 0 Å². The van der Waals surface area contributed by atoms with Crippen molar-refractivity contribution in [3.63, 3.8) is 0 Å². The van der Waals surface area contributed by atoms with Gasteiger partial charge in [-0.15, -0.1) is 0 Å². The van der Waals surface area contributed by atoms with Crippen molar-refractivity contribution in [1.82, 2.24) is 0 Å². The molecule has 6 heteroatoms. The molecule has 0 bridgehead atoms. The number of carbonyl (C=O) groups excluding carboxylic acids is 1. The highest BCUT2D eigenvalue weighted by molar-refractivity contribution is 6.02. The van der Waals surface area contributed by atoms with Crippen molar-refractivity contribution in [2.45, 2.75) is 26.4 Å². The van der Waals surface area contributed by atoms with Gasteiger partial charge in [0.1, 0.15) is 32.2 Å². The Labute approximate surface area is 310 Å². The van der Waals surface area contributed by atoms with Gasteiger partial charge in [0, 0.05) is 6.08 Å². The van der Waals surface area contributed by atoms with Crippen LogP contribution in [0.4, 0.5) is 0 Å². The quantitative estimate of drug-likeness (QED) is 0.0580. The predicted molar refractivity (Wildman–Crippen MR) is 210 cm³/mol. The Kier molecular flexibility index (Phi) is 12.9. The molecule has 6 aromatic carbocycles. The Hall–Kier alpha value is -6.79. The van der Waals surface area contributed by atoms with Crippen LogP contribution in [0.1, 0.15) is 33.4 Å². The van der Waals surface area contributed by atoms with Crippen molar-refractivity contribution in [2.75, 3.05) is 0 Å². The molecule has 0 aliphatic rings. The molecule has 6 aromatic rings. The molecule has 0 fully saturated rings. The van der Waals surface area contributed by atoms with Crippen molar-refractivity contribution in [3.8, 4) is 23.0 Å². The van der Waals surface area contributed by atoms with Crippen LogP contribution in [0.25, 0.3) is 12.2 Å². The Morgan fingerprint density at radius 2 is 0.774 bits per heavy atom. The van der Waals surface area contributed by atoms with Crippen LogP contribution in [0.3, 0.4) is 0 Å². The van der Waals surface area contributed by atoms with Gasteiger partial charge < -0.3 is 24.1 Å². The van der Waals surface area contributed by atoms with Crippen LogP contribution in [0, 0.1) is 0 Å². The number of aliphatic hydroxyl groups excluding tert-OH is 1. The molecule has 53 heavy (non-hydrogen) atoms. The molecule has 0 amide bonds. The van der Waals surface area contributed by atoms with E-state index < -0.39 is 0 Å². The molecular formula is C47H40O6. The summed E-state index contributed by atoms with van der Waals surface area (Å²) in [4.78, 5) is 12.8. The number of hydrogen-bond acceptors (Lipinski definition) is 6. The van der Waals surface area contributed by atoms with Crippen molar-refractivity contribution >= 4 is 17.9 Å². The first-order chi connectivity index (χ1) is 26.1. The summed E-state index contributed by atoms with van der Waals surface area (Å²) in [6, 6.07) is 50.7. The van der Waals surface area contributed by atoms with Crippen molar-refractivity contribution < 1.29 is 28.8 Å². The summed E-state index contributed by atoms with van der Waals surface area (Å²) in [6.45, 7) is 1.51. The topological polar surface area (TPSA) is 74.2 Å². The van der Waals surface area contributed by atoms with Gasteiger partial charge >= 0.3 is 0 Å². The van der Waals surface area contributed by atoms with E-state index in [1.165, 1.54) is 18.2 Å². The summed E-state index contributed by atoms with van der Waals surface area (Å²) in [6.07, 6.45) is 7.43. The van der Waals surface area contributed by atoms with Gasteiger partial charge in [-0.2, -0.15) is 0 Å². The third-order valence-corrected chi connectivity index (χ3v) is 8.06. The third kappa shape index (κ3) is 11.6. The molecule has 0 atom stereocenters. The molecule has 0 unspecified atom stereocenters. The molecule has 1 N–H and O–H groups in total. The molecule has 6 nitrogen and oxygen atoms in total. The smallest absolute Gasteiger partial charge is 0.182 e. The molecule has 0 heterocycles. The minimum Gasteiger partial charge on any atom is -0.508 e. The van der Waals surface area contributed by atoms with Crippen LogP contribution in [0.5, 0.6) is 23.0 Å². The SMILES string of the molecule is O=C(/C=C/c1ccc(OCc2ccccc2)c(OCc2ccccc2)c1)/C=C(O)\C=C\c1ccc(OCc2ccccc2)c(OCc2ccccc2)c1. The normalized spacial score (nSPS) is 11.4. The lowest BCUT2D eigenvalue weighted by Gasteiger charge is -2.14. The summed E-state index contributed by atoms with van der Waals surface area (Å²) in [7, 11) is 0. The van der Waals surface area contributed by atoms with E-state index in [1.807, 2.05) is 158 Å². The van der Waals surface area contributed by atoms with E-state index in [1.54, 1.807) is 12.2 Å². The number of hydrogen-bond donors (Lipinski definition) is 1. The number of carbonyl (C=O) groups is 1. The molecule has 0 radical (unpaired) electrons. The lowest BCUT2D eigenvalue weighted by Crippen LogP contribution is -2.01. The largest absolute Gasteiger partial charge is 0.508 e. The highest BCUT2D eigenvalue weighted by Crippen LogP contribution is 2.32. The van der Waals surface area contributed by atoms with E-state index >= 15 is 0 Å². The van der Waals surface area contributed by atoms with E-state index in [-0.39, 0.29) is 11.5 Å². The highest BCUT2D eigenvalue weighted by Gasteiger charge is 2.10. The van der Waals surface area contributed by atoms with Gasteiger partial charge in [0.05, 0.1) is 0 Å². The van der Waals surface area contributed by atoms with Crippen LogP contribution in [0.15, 0.2) is 182 Å². The number of ether oxygens (including phenoxy) is 4. The van der Waals surface area contributed by atoms with Crippen LogP contribution in [-0.2, 0) is 31.2 Å². The number of benzene rings is 6. The van der Waals surface area contributed by atoms with Crippen molar-refractivity contribution in [1.29, 1.82) is 0 Å². The van der Waals surface area contributed by atoms with Gasteiger partial charge in [0.15, 0.2) is 28.8 Å². The monoisotopic (exact) mass is 700 g/mol. The van der Waals surface area contributed by atoms with Gasteiger partial charge in [0.25, 0.3) is 0 Å². The Bertz CT molecular complexity index is 2140. The van der Waals surface area contributed by atoms with Crippen LogP contribution < -0.4 is 18.9 Å². The maximum absolute atomic E-state index is 12.8. The second-order valence-corrected chi connectivity index (χ2v) is 12.1. The predicted octanol–water partition coefficient (Wildman–Crippen LogP) is 10.7. The second kappa shape index (κ2) is 19.0. The molecule has 0 spiro atoms. The number of aliphatic hydroxyl groups is 1. The zero-order valence-electron chi connectivity index (χ0n) is 29.2. The Morgan fingerprint density at radius 1 is 0.434 bits per heavy atom. The van der Waals surface area contributed by atoms with Crippen LogP contribution in [0.2, 0.25) is 0 Å². The number of rotatable bonds is 17. The second-order valence-electron chi connectivity index (χ2n) is 12.1.